The highest BCUT2D eigenvalue weighted by Gasteiger charge is 2.27. The largest absolute Gasteiger partial charge is 0.494 e. The second kappa shape index (κ2) is 7.24. The van der Waals surface area contributed by atoms with E-state index in [0.29, 0.717) is 17.9 Å². The van der Waals surface area contributed by atoms with Crippen molar-refractivity contribution in [3.05, 3.63) is 23.8 Å². The van der Waals surface area contributed by atoms with Crippen LogP contribution in [0, 0.1) is 5.92 Å². The Morgan fingerprint density at radius 3 is 2.38 bits per heavy atom. The minimum absolute atomic E-state index is 0.0807. The van der Waals surface area contributed by atoms with Gasteiger partial charge in [-0.25, -0.2) is 8.42 Å². The van der Waals surface area contributed by atoms with Crippen molar-refractivity contribution in [1.29, 1.82) is 0 Å². The van der Waals surface area contributed by atoms with Crippen LogP contribution >= 0.6 is 0 Å². The van der Waals surface area contributed by atoms with Crippen LogP contribution in [0.5, 0.6) is 5.75 Å². The first-order chi connectivity index (χ1) is 9.75. The number of hydrogen-bond donors (Lipinski definition) is 1. The van der Waals surface area contributed by atoms with Crippen LogP contribution in [0.4, 0.5) is 0 Å². The van der Waals surface area contributed by atoms with Crippen LogP contribution in [0.3, 0.4) is 0 Å². The van der Waals surface area contributed by atoms with Gasteiger partial charge in [0.05, 0.1) is 11.5 Å². The van der Waals surface area contributed by atoms with E-state index in [1.165, 1.54) is 4.31 Å². The number of ether oxygens (including phenoxy) is 1. The Morgan fingerprint density at radius 2 is 1.90 bits per heavy atom. The predicted octanol–water partition coefficient (Wildman–Crippen LogP) is 2.21. The van der Waals surface area contributed by atoms with Gasteiger partial charge in [-0.15, -0.1) is 0 Å². The standard InChI is InChI=1S/C15H26N2O3S/c1-6-20-15-8-7-14(9-13(15)10-16)21(18,19)17(5)12(4)11(2)3/h7-9,11-12H,6,10,16H2,1-5H3. The lowest BCUT2D eigenvalue weighted by Gasteiger charge is -2.27. The summed E-state index contributed by atoms with van der Waals surface area (Å²) in [5, 5.41) is 0. The molecular weight excluding hydrogens is 288 g/mol. The average molecular weight is 314 g/mol. The van der Waals surface area contributed by atoms with Gasteiger partial charge in [-0.05, 0) is 38.0 Å². The van der Waals surface area contributed by atoms with E-state index in [4.69, 9.17) is 10.5 Å². The predicted molar refractivity (Wildman–Crippen MR) is 84.8 cm³/mol. The van der Waals surface area contributed by atoms with Gasteiger partial charge in [-0.1, -0.05) is 13.8 Å². The lowest BCUT2D eigenvalue weighted by atomic mass is 10.1. The number of benzene rings is 1. The molecule has 0 saturated heterocycles. The van der Waals surface area contributed by atoms with Crippen LogP contribution < -0.4 is 10.5 Å². The highest BCUT2D eigenvalue weighted by Crippen LogP contribution is 2.26. The van der Waals surface area contributed by atoms with E-state index in [9.17, 15) is 8.42 Å². The van der Waals surface area contributed by atoms with Crippen molar-refractivity contribution in [2.24, 2.45) is 11.7 Å². The van der Waals surface area contributed by atoms with Crippen molar-refractivity contribution in [3.8, 4) is 5.75 Å². The van der Waals surface area contributed by atoms with Crippen LogP contribution in [0.2, 0.25) is 0 Å². The smallest absolute Gasteiger partial charge is 0.243 e. The summed E-state index contributed by atoms with van der Waals surface area (Å²) < 4.78 is 32.2. The monoisotopic (exact) mass is 314 g/mol. The van der Waals surface area contributed by atoms with Crippen LogP contribution in [-0.2, 0) is 16.6 Å². The van der Waals surface area contributed by atoms with Crippen molar-refractivity contribution < 1.29 is 13.2 Å². The number of sulfonamides is 1. The van der Waals surface area contributed by atoms with E-state index >= 15 is 0 Å². The van der Waals surface area contributed by atoms with Crippen molar-refractivity contribution >= 4 is 10.0 Å². The summed E-state index contributed by atoms with van der Waals surface area (Å²) in [5.41, 5.74) is 6.39. The topological polar surface area (TPSA) is 72.6 Å². The van der Waals surface area contributed by atoms with Crippen molar-refractivity contribution in [3.63, 3.8) is 0 Å². The maximum atomic E-state index is 12.7. The third kappa shape index (κ3) is 3.96. The fourth-order valence-corrected chi connectivity index (χ4v) is 3.52. The summed E-state index contributed by atoms with van der Waals surface area (Å²) in [6.45, 7) is 8.54. The van der Waals surface area contributed by atoms with Crippen molar-refractivity contribution in [2.75, 3.05) is 13.7 Å². The first-order valence-electron chi connectivity index (χ1n) is 7.19. The highest BCUT2D eigenvalue weighted by molar-refractivity contribution is 7.89. The molecule has 120 valence electrons. The Kier molecular flexibility index (Phi) is 6.19. The first kappa shape index (κ1) is 17.9. The lowest BCUT2D eigenvalue weighted by Crippen LogP contribution is -2.38. The average Bonchev–Trinajstić information content (AvgIpc) is 2.45. The molecule has 5 nitrogen and oxygen atoms in total. The summed E-state index contributed by atoms with van der Waals surface area (Å²) in [5.74, 6) is 0.875. The van der Waals surface area contributed by atoms with Crippen LogP contribution in [0.1, 0.15) is 33.3 Å². The number of rotatable bonds is 7. The SMILES string of the molecule is CCOc1ccc(S(=O)(=O)N(C)C(C)C(C)C)cc1CN. The molecule has 0 radical (unpaired) electrons. The summed E-state index contributed by atoms with van der Waals surface area (Å²) in [6, 6.07) is 4.77. The molecule has 0 aliphatic carbocycles. The maximum Gasteiger partial charge on any atom is 0.243 e. The third-order valence-electron chi connectivity index (χ3n) is 3.77. The molecule has 0 spiro atoms. The molecule has 0 saturated carbocycles. The molecule has 6 heteroatoms. The highest BCUT2D eigenvalue weighted by atomic mass is 32.2. The van der Waals surface area contributed by atoms with E-state index in [0.717, 1.165) is 0 Å². The second-order valence-electron chi connectivity index (χ2n) is 5.41. The second-order valence-corrected chi connectivity index (χ2v) is 7.41. The zero-order valence-corrected chi connectivity index (χ0v) is 14.3. The lowest BCUT2D eigenvalue weighted by molar-refractivity contribution is 0.315. The molecule has 0 aliphatic rings. The number of hydrogen-bond acceptors (Lipinski definition) is 4. The van der Waals surface area contributed by atoms with Crippen LogP contribution in [0.15, 0.2) is 23.1 Å². The Morgan fingerprint density at radius 1 is 1.29 bits per heavy atom. The molecule has 0 fully saturated rings. The fourth-order valence-electron chi connectivity index (χ4n) is 1.98. The molecule has 1 aromatic rings. The molecule has 1 atom stereocenters. The minimum atomic E-state index is -3.53. The van der Waals surface area contributed by atoms with E-state index < -0.39 is 10.0 Å². The van der Waals surface area contributed by atoms with E-state index in [1.807, 2.05) is 27.7 Å². The molecule has 0 heterocycles. The molecule has 0 aliphatic heterocycles. The Hall–Kier alpha value is -1.11. The zero-order valence-electron chi connectivity index (χ0n) is 13.5. The fraction of sp³-hybridized carbons (Fsp3) is 0.600. The summed E-state index contributed by atoms with van der Waals surface area (Å²) in [4.78, 5) is 0.251. The Balaban J connectivity index is 3.20. The molecule has 1 unspecified atom stereocenters. The van der Waals surface area contributed by atoms with Gasteiger partial charge in [0, 0.05) is 25.2 Å². The minimum Gasteiger partial charge on any atom is -0.494 e. The van der Waals surface area contributed by atoms with Gasteiger partial charge in [0.25, 0.3) is 0 Å². The van der Waals surface area contributed by atoms with Gasteiger partial charge in [0.15, 0.2) is 0 Å². The molecule has 21 heavy (non-hydrogen) atoms. The van der Waals surface area contributed by atoms with Gasteiger partial charge in [-0.3, -0.25) is 0 Å². The van der Waals surface area contributed by atoms with Gasteiger partial charge in [0.2, 0.25) is 10.0 Å². The summed E-state index contributed by atoms with van der Waals surface area (Å²) in [7, 11) is -1.92. The molecule has 0 aromatic heterocycles. The Labute approximate surface area is 128 Å². The molecule has 2 N–H and O–H groups in total. The molecular formula is C15H26N2O3S. The summed E-state index contributed by atoms with van der Waals surface area (Å²) in [6.07, 6.45) is 0. The molecule has 1 aromatic carbocycles. The number of nitrogens with two attached hydrogens (primary N) is 1. The van der Waals surface area contributed by atoms with Gasteiger partial charge in [0.1, 0.15) is 5.75 Å². The molecule has 0 amide bonds. The third-order valence-corrected chi connectivity index (χ3v) is 5.71. The maximum absolute atomic E-state index is 12.7. The van der Waals surface area contributed by atoms with Gasteiger partial charge < -0.3 is 10.5 Å². The van der Waals surface area contributed by atoms with Crippen molar-refractivity contribution in [1.82, 2.24) is 4.31 Å². The normalized spacial score (nSPS) is 13.7. The van der Waals surface area contributed by atoms with Crippen LogP contribution in [-0.4, -0.2) is 32.4 Å². The Bertz CT molecular complexity index is 570. The summed E-state index contributed by atoms with van der Waals surface area (Å²) >= 11 is 0. The first-order valence-corrected chi connectivity index (χ1v) is 8.63. The quantitative estimate of drug-likeness (QED) is 0.837. The van der Waals surface area contributed by atoms with Gasteiger partial charge in [-0.2, -0.15) is 4.31 Å². The zero-order chi connectivity index (χ0) is 16.2. The van der Waals surface area contributed by atoms with Crippen molar-refractivity contribution in [2.45, 2.75) is 45.2 Å². The van der Waals surface area contributed by atoms with Gasteiger partial charge >= 0.3 is 0 Å². The van der Waals surface area contributed by atoms with E-state index in [2.05, 4.69) is 0 Å². The van der Waals surface area contributed by atoms with E-state index in [-0.39, 0.29) is 23.4 Å². The number of nitrogens with zero attached hydrogens (tertiary/aromatic N) is 1. The van der Waals surface area contributed by atoms with Crippen LogP contribution in [0.25, 0.3) is 0 Å². The van der Waals surface area contributed by atoms with E-state index in [1.54, 1.807) is 25.2 Å². The molecule has 0 bridgehead atoms. The molecule has 1 rings (SSSR count).